The van der Waals surface area contributed by atoms with Crippen molar-refractivity contribution in [1.29, 1.82) is 0 Å². The lowest BCUT2D eigenvalue weighted by atomic mass is 9.93. The second kappa shape index (κ2) is 11.5. The number of rotatable bonds is 9. The van der Waals surface area contributed by atoms with Gasteiger partial charge in [-0.1, -0.05) is 41.4 Å². The molecule has 3 aromatic carbocycles. The average Bonchev–Trinajstić information content (AvgIpc) is 2.85. The molecule has 1 amide bonds. The Kier molecular flexibility index (Phi) is 8.16. The molecule has 1 heterocycles. The topological polar surface area (TPSA) is 84.9 Å². The molecule has 35 heavy (non-hydrogen) atoms. The van der Waals surface area contributed by atoms with Crippen LogP contribution in [0.25, 0.3) is 0 Å². The van der Waals surface area contributed by atoms with Crippen LogP contribution in [0.2, 0.25) is 10.0 Å². The molecule has 1 unspecified atom stereocenters. The van der Waals surface area contributed by atoms with Crippen molar-refractivity contribution in [2.24, 2.45) is 0 Å². The van der Waals surface area contributed by atoms with E-state index in [-0.39, 0.29) is 5.91 Å². The molecule has 4 rings (SSSR count). The fraction of sp³-hybridized carbons (Fsp3) is 0.259. The number of carboxylic acid groups (broad SMARTS) is 1. The second-order valence-corrected chi connectivity index (χ2v) is 9.09. The summed E-state index contributed by atoms with van der Waals surface area (Å²) < 4.78 is 11.5. The average molecular weight is 514 g/mol. The highest BCUT2D eigenvalue weighted by atomic mass is 35.5. The summed E-state index contributed by atoms with van der Waals surface area (Å²) in [6.45, 7) is 0.887. The van der Waals surface area contributed by atoms with Crippen LogP contribution in [0, 0.1) is 0 Å². The van der Waals surface area contributed by atoms with Crippen molar-refractivity contribution in [3.63, 3.8) is 0 Å². The van der Waals surface area contributed by atoms with Gasteiger partial charge in [-0.05, 0) is 67.6 Å². The zero-order chi connectivity index (χ0) is 24.8. The Morgan fingerprint density at radius 2 is 1.80 bits per heavy atom. The molecule has 3 aromatic rings. The normalized spacial score (nSPS) is 14.5. The molecule has 0 aliphatic carbocycles. The number of unbranched alkanes of at least 4 members (excludes halogenated alkanes) is 1. The Labute approximate surface area is 213 Å². The molecule has 0 fully saturated rings. The Morgan fingerprint density at radius 3 is 2.54 bits per heavy atom. The molecule has 182 valence electrons. The van der Waals surface area contributed by atoms with E-state index in [9.17, 15) is 14.7 Å². The van der Waals surface area contributed by atoms with Gasteiger partial charge in [0.1, 0.15) is 17.2 Å². The third-order valence-corrected chi connectivity index (χ3v) is 6.53. The number of aliphatic carboxylic acids is 1. The van der Waals surface area contributed by atoms with Crippen molar-refractivity contribution in [2.45, 2.75) is 31.6 Å². The van der Waals surface area contributed by atoms with Gasteiger partial charge >= 0.3 is 5.97 Å². The number of amides is 1. The maximum atomic E-state index is 12.4. The Balaban J connectivity index is 1.30. The number of benzene rings is 3. The van der Waals surface area contributed by atoms with Gasteiger partial charge in [0, 0.05) is 28.8 Å². The van der Waals surface area contributed by atoms with Crippen LogP contribution >= 0.6 is 23.2 Å². The quantitative estimate of drug-likeness (QED) is 0.319. The number of carboxylic acids is 1. The number of hydrogen-bond acceptors (Lipinski definition) is 4. The van der Waals surface area contributed by atoms with Gasteiger partial charge in [-0.3, -0.25) is 9.59 Å². The fourth-order valence-corrected chi connectivity index (χ4v) is 4.41. The van der Waals surface area contributed by atoms with Gasteiger partial charge in [0.25, 0.3) is 5.91 Å². The first kappa shape index (κ1) is 24.9. The van der Waals surface area contributed by atoms with Crippen molar-refractivity contribution in [2.75, 3.05) is 13.2 Å². The SMILES string of the molecule is O=C(NCCCCc1ccccc1Cl)c1ccc(Oc2cc3c(cc2Cl)C(C(=O)O)CCO3)cc1. The first-order chi connectivity index (χ1) is 16.9. The zero-order valence-electron chi connectivity index (χ0n) is 18.9. The minimum Gasteiger partial charge on any atom is -0.493 e. The number of carbonyl (C=O) groups is 2. The van der Waals surface area contributed by atoms with Gasteiger partial charge < -0.3 is 19.9 Å². The predicted molar refractivity (Wildman–Crippen MR) is 135 cm³/mol. The summed E-state index contributed by atoms with van der Waals surface area (Å²) in [6.07, 6.45) is 3.04. The fourth-order valence-electron chi connectivity index (χ4n) is 3.97. The van der Waals surface area contributed by atoms with E-state index in [2.05, 4.69) is 5.32 Å². The van der Waals surface area contributed by atoms with Crippen LogP contribution in [0.4, 0.5) is 0 Å². The van der Waals surface area contributed by atoms with Crippen LogP contribution in [0.15, 0.2) is 60.7 Å². The molecule has 0 saturated heterocycles. The molecule has 0 aromatic heterocycles. The van der Waals surface area contributed by atoms with Crippen molar-refractivity contribution in [3.05, 3.63) is 87.4 Å². The van der Waals surface area contributed by atoms with E-state index >= 15 is 0 Å². The van der Waals surface area contributed by atoms with E-state index in [1.54, 1.807) is 36.4 Å². The molecular formula is C27H25Cl2NO5. The van der Waals surface area contributed by atoms with Crippen LogP contribution in [0.3, 0.4) is 0 Å². The van der Waals surface area contributed by atoms with E-state index in [1.165, 1.54) is 0 Å². The molecule has 1 atom stereocenters. The molecule has 1 aliphatic heterocycles. The Morgan fingerprint density at radius 1 is 1.03 bits per heavy atom. The van der Waals surface area contributed by atoms with Crippen molar-refractivity contribution in [3.8, 4) is 17.2 Å². The van der Waals surface area contributed by atoms with E-state index in [4.69, 9.17) is 32.7 Å². The monoisotopic (exact) mass is 513 g/mol. The highest BCUT2D eigenvalue weighted by Crippen LogP contribution is 2.41. The van der Waals surface area contributed by atoms with E-state index in [0.29, 0.717) is 53.0 Å². The lowest BCUT2D eigenvalue weighted by molar-refractivity contribution is -0.139. The number of nitrogens with one attached hydrogen (secondary N) is 1. The predicted octanol–water partition coefficient (Wildman–Crippen LogP) is 6.49. The summed E-state index contributed by atoms with van der Waals surface area (Å²) in [5, 5.41) is 13.4. The van der Waals surface area contributed by atoms with Gasteiger partial charge in [0.05, 0.1) is 17.5 Å². The number of carbonyl (C=O) groups excluding carboxylic acids is 1. The largest absolute Gasteiger partial charge is 0.493 e. The third kappa shape index (κ3) is 6.27. The van der Waals surface area contributed by atoms with Crippen LogP contribution in [-0.2, 0) is 11.2 Å². The molecule has 1 aliphatic rings. The third-order valence-electron chi connectivity index (χ3n) is 5.86. The van der Waals surface area contributed by atoms with Crippen LogP contribution in [-0.4, -0.2) is 30.1 Å². The lowest BCUT2D eigenvalue weighted by Crippen LogP contribution is -2.24. The minimum atomic E-state index is -0.909. The van der Waals surface area contributed by atoms with E-state index in [1.807, 2.05) is 24.3 Å². The molecule has 2 N–H and O–H groups in total. The number of aryl methyl sites for hydroxylation is 1. The maximum absolute atomic E-state index is 12.4. The first-order valence-electron chi connectivity index (χ1n) is 11.4. The smallest absolute Gasteiger partial charge is 0.311 e. The van der Waals surface area contributed by atoms with Crippen LogP contribution < -0.4 is 14.8 Å². The highest BCUT2D eigenvalue weighted by molar-refractivity contribution is 6.32. The van der Waals surface area contributed by atoms with Crippen LogP contribution in [0.5, 0.6) is 17.2 Å². The summed E-state index contributed by atoms with van der Waals surface area (Å²) >= 11 is 12.5. The number of ether oxygens (including phenoxy) is 2. The molecule has 0 radical (unpaired) electrons. The summed E-state index contributed by atoms with van der Waals surface area (Å²) in [5.74, 6) is -0.420. The van der Waals surface area contributed by atoms with Gasteiger partial charge in [0.15, 0.2) is 0 Å². The van der Waals surface area contributed by atoms with Crippen LogP contribution in [0.1, 0.15) is 46.7 Å². The van der Waals surface area contributed by atoms with Crippen molar-refractivity contribution >= 4 is 35.1 Å². The molecular weight excluding hydrogens is 489 g/mol. The van der Waals surface area contributed by atoms with E-state index < -0.39 is 11.9 Å². The summed E-state index contributed by atoms with van der Waals surface area (Å²) in [4.78, 5) is 23.9. The summed E-state index contributed by atoms with van der Waals surface area (Å²) in [6, 6.07) is 17.7. The lowest BCUT2D eigenvalue weighted by Gasteiger charge is -2.24. The van der Waals surface area contributed by atoms with Gasteiger partial charge in [-0.15, -0.1) is 0 Å². The van der Waals surface area contributed by atoms with Gasteiger partial charge in [-0.25, -0.2) is 0 Å². The molecule has 0 bridgehead atoms. The minimum absolute atomic E-state index is 0.158. The summed E-state index contributed by atoms with van der Waals surface area (Å²) in [7, 11) is 0. The highest BCUT2D eigenvalue weighted by Gasteiger charge is 2.29. The van der Waals surface area contributed by atoms with E-state index in [0.717, 1.165) is 29.8 Å². The van der Waals surface area contributed by atoms with Gasteiger partial charge in [-0.2, -0.15) is 0 Å². The molecule has 0 spiro atoms. The Bertz CT molecular complexity index is 1210. The number of halogens is 2. The standard InChI is InChI=1S/C27H25Cl2NO5/c28-22-7-2-1-5-17(22)6-3-4-13-30-26(31)18-8-10-19(11-9-18)35-25-16-24-21(15-23(25)29)20(27(32)33)12-14-34-24/h1-2,5,7-11,15-16,20H,3-4,6,12-14H2,(H,30,31)(H,32,33). The van der Waals surface area contributed by atoms with Gasteiger partial charge in [0.2, 0.25) is 0 Å². The first-order valence-corrected chi connectivity index (χ1v) is 12.2. The zero-order valence-corrected chi connectivity index (χ0v) is 20.4. The molecule has 6 nitrogen and oxygen atoms in total. The summed E-state index contributed by atoms with van der Waals surface area (Å²) in [5.41, 5.74) is 2.18. The maximum Gasteiger partial charge on any atom is 0.311 e. The second-order valence-electron chi connectivity index (χ2n) is 8.28. The van der Waals surface area contributed by atoms with Crippen molar-refractivity contribution in [1.82, 2.24) is 5.32 Å². The number of fused-ring (bicyclic) bond motifs is 1. The molecule has 0 saturated carbocycles. The Hall–Kier alpha value is -3.22. The van der Waals surface area contributed by atoms with Crippen molar-refractivity contribution < 1.29 is 24.2 Å². The number of hydrogen-bond donors (Lipinski definition) is 2. The molecule has 8 heteroatoms.